The maximum Gasteiger partial charge on any atom is 0.308 e. The van der Waals surface area contributed by atoms with E-state index in [0.29, 0.717) is 6.61 Å². The van der Waals surface area contributed by atoms with E-state index in [9.17, 15) is 4.79 Å². The standard InChI is InChI=1S/C53H108N2O4Si/c1-8-12-16-20-23-30-39-50(38-29-19-15-11-4)53(56)58-48-35-27-24-32-44-55(46-42-51-40-37-43-54(51)5)45-33-25-28-36-49-60(6,7)59-52(41-31-22-18-14-10-3)57-47-34-26-21-17-13-9-2/h50-52H,8-49H2,1-7H3. The van der Waals surface area contributed by atoms with Crippen LogP contribution >= 0.6 is 0 Å². The summed E-state index contributed by atoms with van der Waals surface area (Å²) in [6, 6.07) is 2.01. The van der Waals surface area contributed by atoms with Crippen LogP contribution in [-0.2, 0) is 18.7 Å². The number of carbonyl (C=O) groups is 1. The summed E-state index contributed by atoms with van der Waals surface area (Å²) in [7, 11) is 0.548. The van der Waals surface area contributed by atoms with Crippen molar-refractivity contribution in [3.05, 3.63) is 0 Å². The molecule has 0 aliphatic carbocycles. The fourth-order valence-corrected chi connectivity index (χ4v) is 11.4. The van der Waals surface area contributed by atoms with E-state index >= 15 is 0 Å². The van der Waals surface area contributed by atoms with Gasteiger partial charge in [0.05, 0.1) is 12.5 Å². The number of unbranched alkanes of at least 4 members (excludes halogenated alkanes) is 23. The van der Waals surface area contributed by atoms with E-state index in [0.717, 1.165) is 44.8 Å². The molecule has 3 atom stereocenters. The second-order valence-corrected chi connectivity index (χ2v) is 24.2. The average molecular weight is 866 g/mol. The number of rotatable bonds is 46. The molecule has 358 valence electrons. The van der Waals surface area contributed by atoms with E-state index in [1.165, 1.54) is 225 Å². The van der Waals surface area contributed by atoms with E-state index in [2.05, 4.69) is 57.6 Å². The van der Waals surface area contributed by atoms with Crippen LogP contribution in [0.1, 0.15) is 252 Å². The molecule has 1 aliphatic heterocycles. The van der Waals surface area contributed by atoms with Gasteiger partial charge in [0.15, 0.2) is 8.32 Å². The van der Waals surface area contributed by atoms with Gasteiger partial charge in [0.2, 0.25) is 0 Å². The first kappa shape index (κ1) is 57.5. The van der Waals surface area contributed by atoms with Crippen LogP contribution in [0.15, 0.2) is 0 Å². The van der Waals surface area contributed by atoms with E-state index in [4.69, 9.17) is 13.9 Å². The molecule has 0 aromatic rings. The molecular formula is C53H108N2O4Si. The van der Waals surface area contributed by atoms with Crippen LogP contribution < -0.4 is 0 Å². The second kappa shape index (κ2) is 41.2. The van der Waals surface area contributed by atoms with Gasteiger partial charge in [0.25, 0.3) is 0 Å². The quantitative estimate of drug-likeness (QED) is 0.0263. The molecule has 60 heavy (non-hydrogen) atoms. The lowest BCUT2D eigenvalue weighted by molar-refractivity contribution is -0.149. The highest BCUT2D eigenvalue weighted by Crippen LogP contribution is 2.24. The fourth-order valence-electron chi connectivity index (χ4n) is 9.30. The smallest absolute Gasteiger partial charge is 0.308 e. The minimum atomic E-state index is -1.78. The molecule has 1 saturated heterocycles. The minimum absolute atomic E-state index is 0.00334. The van der Waals surface area contributed by atoms with Gasteiger partial charge in [0.1, 0.15) is 6.29 Å². The molecule has 7 heteroatoms. The third kappa shape index (κ3) is 34.0. The van der Waals surface area contributed by atoms with Crippen molar-refractivity contribution in [3.8, 4) is 0 Å². The molecular weight excluding hydrogens is 757 g/mol. The maximum absolute atomic E-state index is 13.1. The van der Waals surface area contributed by atoms with Crippen molar-refractivity contribution < 1.29 is 18.7 Å². The molecule has 0 aromatic heterocycles. The van der Waals surface area contributed by atoms with Crippen LogP contribution in [0, 0.1) is 5.92 Å². The van der Waals surface area contributed by atoms with Crippen molar-refractivity contribution in [1.82, 2.24) is 9.80 Å². The van der Waals surface area contributed by atoms with Gasteiger partial charge in [-0.2, -0.15) is 0 Å². The highest BCUT2D eigenvalue weighted by atomic mass is 28.4. The zero-order valence-electron chi connectivity index (χ0n) is 42.0. The van der Waals surface area contributed by atoms with Gasteiger partial charge < -0.3 is 23.7 Å². The van der Waals surface area contributed by atoms with Gasteiger partial charge in [0, 0.05) is 12.6 Å². The van der Waals surface area contributed by atoms with Gasteiger partial charge in [-0.3, -0.25) is 4.79 Å². The highest BCUT2D eigenvalue weighted by molar-refractivity contribution is 6.71. The Labute approximate surface area is 377 Å². The summed E-state index contributed by atoms with van der Waals surface area (Å²) in [5.74, 6) is 0.204. The molecule has 1 heterocycles. The van der Waals surface area contributed by atoms with Gasteiger partial charge in [-0.15, -0.1) is 0 Å². The first-order valence-corrected chi connectivity index (χ1v) is 30.3. The van der Waals surface area contributed by atoms with Gasteiger partial charge in [-0.1, -0.05) is 182 Å². The Morgan fingerprint density at radius 1 is 0.583 bits per heavy atom. The summed E-state index contributed by atoms with van der Waals surface area (Å²) in [5, 5.41) is 0. The Hall–Kier alpha value is -0.473. The zero-order valence-corrected chi connectivity index (χ0v) is 43.0. The molecule has 0 bridgehead atoms. The molecule has 0 N–H and O–H groups in total. The Morgan fingerprint density at radius 3 is 1.60 bits per heavy atom. The third-order valence-electron chi connectivity index (χ3n) is 13.5. The molecule has 1 aliphatic rings. The average Bonchev–Trinajstić information content (AvgIpc) is 3.65. The third-order valence-corrected chi connectivity index (χ3v) is 16.0. The van der Waals surface area contributed by atoms with Crippen molar-refractivity contribution in [1.29, 1.82) is 0 Å². The topological polar surface area (TPSA) is 51.2 Å². The molecule has 0 spiro atoms. The summed E-state index contributed by atoms with van der Waals surface area (Å²) < 4.78 is 19.2. The summed E-state index contributed by atoms with van der Waals surface area (Å²) in [6.45, 7) is 20.4. The lowest BCUT2D eigenvalue weighted by atomic mass is 9.94. The Bertz CT molecular complexity index is 921. The van der Waals surface area contributed by atoms with E-state index < -0.39 is 8.32 Å². The van der Waals surface area contributed by atoms with Crippen LogP contribution in [0.4, 0.5) is 0 Å². The van der Waals surface area contributed by atoms with E-state index in [1.807, 2.05) is 0 Å². The van der Waals surface area contributed by atoms with Crippen LogP contribution in [-0.4, -0.2) is 82.9 Å². The maximum atomic E-state index is 13.1. The number of nitrogens with zero attached hydrogens (tertiary/aromatic N) is 2. The second-order valence-electron chi connectivity index (χ2n) is 19.9. The highest BCUT2D eigenvalue weighted by Gasteiger charge is 2.27. The van der Waals surface area contributed by atoms with Crippen molar-refractivity contribution in [2.45, 2.75) is 284 Å². The number of likely N-dealkylation sites (tertiary alicyclic amines) is 1. The molecule has 0 aromatic carbocycles. The van der Waals surface area contributed by atoms with Gasteiger partial charge in [-0.05, 0) is 123 Å². The van der Waals surface area contributed by atoms with Crippen LogP contribution in [0.25, 0.3) is 0 Å². The predicted molar refractivity (Wildman–Crippen MR) is 265 cm³/mol. The van der Waals surface area contributed by atoms with E-state index in [1.54, 1.807) is 0 Å². The summed E-state index contributed by atoms with van der Waals surface area (Å²) >= 11 is 0. The first-order valence-electron chi connectivity index (χ1n) is 27.1. The summed E-state index contributed by atoms with van der Waals surface area (Å²) in [6.07, 6.45) is 44.0. The number of esters is 1. The number of ether oxygens (including phenoxy) is 2. The minimum Gasteiger partial charge on any atom is -0.465 e. The van der Waals surface area contributed by atoms with Crippen LogP contribution in [0.3, 0.4) is 0 Å². The van der Waals surface area contributed by atoms with Gasteiger partial charge in [-0.25, -0.2) is 0 Å². The van der Waals surface area contributed by atoms with Gasteiger partial charge >= 0.3 is 5.97 Å². The Balaban J connectivity index is 2.45. The monoisotopic (exact) mass is 865 g/mol. The fraction of sp³-hybridized carbons (Fsp3) is 0.981. The van der Waals surface area contributed by atoms with Crippen molar-refractivity contribution in [2.24, 2.45) is 5.92 Å². The lowest BCUT2D eigenvalue weighted by Crippen LogP contribution is -2.37. The molecule has 0 radical (unpaired) electrons. The normalized spacial score (nSPS) is 16.0. The molecule has 1 fully saturated rings. The molecule has 6 nitrogen and oxygen atoms in total. The zero-order chi connectivity index (χ0) is 43.8. The molecule has 3 unspecified atom stereocenters. The van der Waals surface area contributed by atoms with Crippen molar-refractivity contribution >= 4 is 14.3 Å². The lowest BCUT2D eigenvalue weighted by Gasteiger charge is -2.30. The van der Waals surface area contributed by atoms with Crippen LogP contribution in [0.2, 0.25) is 19.1 Å². The summed E-state index contributed by atoms with van der Waals surface area (Å²) in [4.78, 5) is 18.5. The van der Waals surface area contributed by atoms with Crippen LogP contribution in [0.5, 0.6) is 0 Å². The Kier molecular flexibility index (Phi) is 39.6. The number of carbonyl (C=O) groups excluding carboxylic acids is 1. The Morgan fingerprint density at radius 2 is 1.05 bits per heavy atom. The summed E-state index contributed by atoms with van der Waals surface area (Å²) in [5.41, 5.74) is 0. The number of hydrogen-bond donors (Lipinski definition) is 0. The molecule has 0 amide bonds. The molecule has 1 rings (SSSR count). The first-order chi connectivity index (χ1) is 29.3. The predicted octanol–water partition coefficient (Wildman–Crippen LogP) is 16.1. The van der Waals surface area contributed by atoms with Crippen molar-refractivity contribution in [3.63, 3.8) is 0 Å². The van der Waals surface area contributed by atoms with Crippen molar-refractivity contribution in [2.75, 3.05) is 46.4 Å². The molecule has 0 saturated carbocycles. The van der Waals surface area contributed by atoms with E-state index in [-0.39, 0.29) is 18.2 Å². The number of hydrogen-bond acceptors (Lipinski definition) is 6. The SMILES string of the molecule is CCCCCCCCOC(CCCCCCC)O[Si](C)(C)CCCCCCN(CCCCCCOC(=O)C(CCCCCC)CCCCCCCC)CCC1CCCN1C. The largest absolute Gasteiger partial charge is 0.465 e.